The second-order valence-corrected chi connectivity index (χ2v) is 9.03. The number of fused-ring (bicyclic) bond motifs is 1. The van der Waals surface area contributed by atoms with Crippen LogP contribution in [-0.2, 0) is 16.1 Å². The Balaban J connectivity index is 1.54. The minimum absolute atomic E-state index is 0.0873. The van der Waals surface area contributed by atoms with Crippen molar-refractivity contribution >= 4 is 40.0 Å². The van der Waals surface area contributed by atoms with Gasteiger partial charge in [-0.05, 0) is 32.0 Å². The number of carbonyl (C=O) groups is 2. The number of thioether (sulfide) groups is 1. The quantitative estimate of drug-likeness (QED) is 0.333. The van der Waals surface area contributed by atoms with E-state index >= 15 is 0 Å². The van der Waals surface area contributed by atoms with E-state index in [1.54, 1.807) is 24.3 Å². The number of nitrogens with one attached hydrogen (secondary N) is 1. The zero-order valence-electron chi connectivity index (χ0n) is 18.2. The van der Waals surface area contributed by atoms with Crippen molar-refractivity contribution in [1.29, 1.82) is 0 Å². The smallest absolute Gasteiger partial charge is 0.237 e. The number of para-hydroxylation sites is 2. The molecular formula is C24H26N4O3S. The Morgan fingerprint density at radius 3 is 2.59 bits per heavy atom. The van der Waals surface area contributed by atoms with Crippen LogP contribution in [0.3, 0.4) is 0 Å². The summed E-state index contributed by atoms with van der Waals surface area (Å²) in [4.78, 5) is 36.6. The number of carbonyl (C=O) groups excluding carboxylic acids is 2. The van der Waals surface area contributed by atoms with Crippen LogP contribution in [0.4, 0.5) is 5.69 Å². The molecule has 1 aliphatic heterocycles. The molecule has 4 rings (SSSR count). The summed E-state index contributed by atoms with van der Waals surface area (Å²) in [7, 11) is 0. The van der Waals surface area contributed by atoms with E-state index in [1.807, 2.05) is 31.2 Å². The van der Waals surface area contributed by atoms with E-state index in [2.05, 4.69) is 10.2 Å². The number of benzene rings is 2. The third kappa shape index (κ3) is 5.32. The van der Waals surface area contributed by atoms with Crippen molar-refractivity contribution in [1.82, 2.24) is 14.9 Å². The number of nitrogens with zero attached hydrogens (tertiary/aromatic N) is 3. The van der Waals surface area contributed by atoms with E-state index in [0.717, 1.165) is 34.8 Å². The van der Waals surface area contributed by atoms with Crippen LogP contribution < -0.4 is 5.32 Å². The van der Waals surface area contributed by atoms with Gasteiger partial charge in [0.1, 0.15) is 10.9 Å². The molecule has 3 aromatic rings. The first-order chi connectivity index (χ1) is 15.5. The van der Waals surface area contributed by atoms with E-state index < -0.39 is 5.25 Å². The second kappa shape index (κ2) is 10.2. The molecule has 1 aromatic heterocycles. The monoisotopic (exact) mass is 450 g/mol. The molecule has 0 aliphatic carbocycles. The summed E-state index contributed by atoms with van der Waals surface area (Å²) in [5.74, 6) is 0.472. The van der Waals surface area contributed by atoms with Gasteiger partial charge in [-0.3, -0.25) is 14.5 Å². The first-order valence-corrected chi connectivity index (χ1v) is 11.5. The Kier molecular flexibility index (Phi) is 7.14. The van der Waals surface area contributed by atoms with Crippen LogP contribution in [0.15, 0.2) is 53.6 Å². The highest BCUT2D eigenvalue weighted by Gasteiger charge is 2.20. The lowest BCUT2D eigenvalue weighted by molar-refractivity contribution is -0.115. The minimum atomic E-state index is -0.412. The zero-order valence-corrected chi connectivity index (χ0v) is 19.0. The minimum Gasteiger partial charge on any atom is -0.379 e. The molecule has 0 radical (unpaired) electrons. The van der Waals surface area contributed by atoms with Crippen molar-refractivity contribution in [2.45, 2.75) is 30.7 Å². The van der Waals surface area contributed by atoms with E-state index in [0.29, 0.717) is 31.0 Å². The fraction of sp³-hybridized carbons (Fsp3) is 0.333. The second-order valence-electron chi connectivity index (χ2n) is 7.70. The van der Waals surface area contributed by atoms with Crippen molar-refractivity contribution in [3.05, 3.63) is 59.9 Å². The molecule has 32 heavy (non-hydrogen) atoms. The fourth-order valence-corrected chi connectivity index (χ4v) is 4.53. The van der Waals surface area contributed by atoms with Crippen LogP contribution in [0.2, 0.25) is 0 Å². The standard InChI is InChI=1S/C24H26N4O3S/c1-16(29)18-7-3-5-9-20(18)26-23(30)17(2)32-24-19-8-4-6-10-21(19)25-22(27-24)15-28-11-13-31-14-12-28/h3-10,17H,11-15H2,1-2H3,(H,26,30)/t17-/m1/s1. The van der Waals surface area contributed by atoms with Gasteiger partial charge >= 0.3 is 0 Å². The highest BCUT2D eigenvalue weighted by atomic mass is 32.2. The normalized spacial score (nSPS) is 15.4. The maximum atomic E-state index is 12.9. The van der Waals surface area contributed by atoms with E-state index in [9.17, 15) is 9.59 Å². The molecule has 8 heteroatoms. The molecule has 0 unspecified atom stereocenters. The van der Waals surface area contributed by atoms with Crippen LogP contribution in [0.5, 0.6) is 0 Å². The third-order valence-electron chi connectivity index (χ3n) is 5.31. The molecular weight excluding hydrogens is 424 g/mol. The Morgan fingerprint density at radius 2 is 1.81 bits per heavy atom. The number of Topliss-reactive ketones (excluding diaryl/α,β-unsaturated/α-hetero) is 1. The van der Waals surface area contributed by atoms with Gasteiger partial charge in [-0.1, -0.05) is 42.1 Å². The van der Waals surface area contributed by atoms with E-state index in [-0.39, 0.29) is 11.7 Å². The molecule has 7 nitrogen and oxygen atoms in total. The van der Waals surface area contributed by atoms with Gasteiger partial charge < -0.3 is 10.1 Å². The summed E-state index contributed by atoms with van der Waals surface area (Å²) in [6, 6.07) is 14.9. The SMILES string of the molecule is CC(=O)c1ccccc1NC(=O)[C@@H](C)Sc1nc(CN2CCOCC2)nc2ccccc12. The van der Waals surface area contributed by atoms with Gasteiger partial charge in [-0.25, -0.2) is 9.97 Å². The number of ether oxygens (including phenoxy) is 1. The average molecular weight is 451 g/mol. The lowest BCUT2D eigenvalue weighted by Gasteiger charge is -2.26. The van der Waals surface area contributed by atoms with E-state index in [1.165, 1.54) is 18.7 Å². The Labute approximate surface area is 191 Å². The van der Waals surface area contributed by atoms with E-state index in [4.69, 9.17) is 14.7 Å². The molecule has 1 aliphatic rings. The van der Waals surface area contributed by atoms with Crippen molar-refractivity contribution < 1.29 is 14.3 Å². The van der Waals surface area contributed by atoms with Crippen LogP contribution in [0.25, 0.3) is 10.9 Å². The highest BCUT2D eigenvalue weighted by Crippen LogP contribution is 2.30. The number of hydrogen-bond acceptors (Lipinski definition) is 7. The molecule has 1 atom stereocenters. The molecule has 1 amide bonds. The number of aromatic nitrogens is 2. The Morgan fingerprint density at radius 1 is 1.09 bits per heavy atom. The van der Waals surface area contributed by atoms with Crippen LogP contribution in [-0.4, -0.2) is 58.1 Å². The van der Waals surface area contributed by atoms with Gasteiger partial charge in [-0.15, -0.1) is 0 Å². The molecule has 166 valence electrons. The Hall–Kier alpha value is -2.81. The van der Waals surface area contributed by atoms with Gasteiger partial charge in [0.15, 0.2) is 5.78 Å². The van der Waals surface area contributed by atoms with Crippen LogP contribution in [0.1, 0.15) is 30.0 Å². The highest BCUT2D eigenvalue weighted by molar-refractivity contribution is 8.00. The number of amides is 1. The van der Waals surface area contributed by atoms with Gasteiger partial charge in [0, 0.05) is 24.0 Å². The maximum Gasteiger partial charge on any atom is 0.237 e. The maximum absolute atomic E-state index is 12.9. The van der Waals surface area contributed by atoms with Crippen molar-refractivity contribution in [2.24, 2.45) is 0 Å². The summed E-state index contributed by atoms with van der Waals surface area (Å²) >= 11 is 1.40. The number of rotatable bonds is 7. The van der Waals surface area contributed by atoms with Gasteiger partial charge in [0.2, 0.25) is 5.91 Å². The summed E-state index contributed by atoms with van der Waals surface area (Å²) in [6.45, 7) is 7.12. The molecule has 1 fully saturated rings. The average Bonchev–Trinajstić information content (AvgIpc) is 2.80. The topological polar surface area (TPSA) is 84.4 Å². The molecule has 1 saturated heterocycles. The summed E-state index contributed by atoms with van der Waals surface area (Å²) in [6.07, 6.45) is 0. The number of anilines is 1. The molecule has 0 saturated carbocycles. The van der Waals surface area contributed by atoms with Gasteiger partial charge in [0.05, 0.1) is 36.2 Å². The van der Waals surface area contributed by atoms with Crippen molar-refractivity contribution in [3.8, 4) is 0 Å². The fourth-order valence-electron chi connectivity index (χ4n) is 3.57. The number of hydrogen-bond donors (Lipinski definition) is 1. The van der Waals surface area contributed by atoms with Crippen molar-refractivity contribution in [3.63, 3.8) is 0 Å². The zero-order chi connectivity index (χ0) is 22.5. The first kappa shape index (κ1) is 22.4. The van der Waals surface area contributed by atoms with Gasteiger partial charge in [0.25, 0.3) is 0 Å². The number of ketones is 1. The lowest BCUT2D eigenvalue weighted by Crippen LogP contribution is -2.36. The van der Waals surface area contributed by atoms with Gasteiger partial charge in [-0.2, -0.15) is 0 Å². The van der Waals surface area contributed by atoms with Crippen molar-refractivity contribution in [2.75, 3.05) is 31.6 Å². The molecule has 0 bridgehead atoms. The third-order valence-corrected chi connectivity index (χ3v) is 6.41. The summed E-state index contributed by atoms with van der Waals surface area (Å²) in [5.41, 5.74) is 1.89. The molecule has 1 N–H and O–H groups in total. The van der Waals surface area contributed by atoms with Crippen LogP contribution in [0, 0.1) is 0 Å². The molecule has 2 heterocycles. The number of morpholine rings is 1. The predicted octanol–water partition coefficient (Wildman–Crippen LogP) is 3.78. The molecule has 0 spiro atoms. The first-order valence-electron chi connectivity index (χ1n) is 10.6. The van der Waals surface area contributed by atoms with Crippen LogP contribution >= 0.6 is 11.8 Å². The predicted molar refractivity (Wildman–Crippen MR) is 126 cm³/mol. The summed E-state index contributed by atoms with van der Waals surface area (Å²) in [5, 5.41) is 4.18. The Bertz CT molecular complexity index is 1130. The summed E-state index contributed by atoms with van der Waals surface area (Å²) < 4.78 is 5.43. The molecule has 2 aromatic carbocycles. The lowest BCUT2D eigenvalue weighted by atomic mass is 10.1. The largest absolute Gasteiger partial charge is 0.379 e.